The van der Waals surface area contributed by atoms with Crippen molar-refractivity contribution in [3.63, 3.8) is 0 Å². The van der Waals surface area contributed by atoms with E-state index in [0.717, 1.165) is 16.1 Å². The fraction of sp³-hybridized carbons (Fsp3) is 0.0952. The van der Waals surface area contributed by atoms with Gasteiger partial charge in [-0.15, -0.1) is 10.2 Å². The minimum Gasteiger partial charge on any atom is -0.261 e. The molecule has 5 aromatic rings. The normalized spacial score (nSPS) is 12.3. The van der Waals surface area contributed by atoms with Gasteiger partial charge in [0, 0.05) is 23.9 Å². The zero-order chi connectivity index (χ0) is 19.8. The molecule has 8 heteroatoms. The van der Waals surface area contributed by atoms with Crippen molar-refractivity contribution in [1.82, 2.24) is 29.8 Å². The maximum Gasteiger partial charge on any atom is 0.235 e. The lowest BCUT2D eigenvalue weighted by Crippen LogP contribution is -2.00. The van der Waals surface area contributed by atoms with Gasteiger partial charge in [-0.2, -0.15) is 9.61 Å². The maximum absolute atomic E-state index is 14.8. The Morgan fingerprint density at radius 3 is 2.66 bits per heavy atom. The molecule has 0 aliphatic carbocycles. The summed E-state index contributed by atoms with van der Waals surface area (Å²) in [5.74, 6) is 0.202. The van der Waals surface area contributed by atoms with Crippen molar-refractivity contribution in [2.75, 3.05) is 0 Å². The van der Waals surface area contributed by atoms with E-state index < -0.39 is 0 Å². The number of benzene rings is 2. The van der Waals surface area contributed by atoms with E-state index in [1.54, 1.807) is 29.2 Å². The minimum absolute atomic E-state index is 0.0873. The average Bonchev–Trinajstić information content (AvgIpc) is 3.35. The summed E-state index contributed by atoms with van der Waals surface area (Å²) >= 11 is 1.43. The topological polar surface area (TPSA) is 68.9 Å². The molecule has 6 nitrogen and oxygen atoms in total. The first kappa shape index (κ1) is 17.6. The monoisotopic (exact) mass is 402 g/mol. The van der Waals surface area contributed by atoms with Crippen LogP contribution in [0, 0.1) is 5.82 Å². The number of aromatic nitrogens is 6. The van der Waals surface area contributed by atoms with Gasteiger partial charge in [0.05, 0.1) is 6.20 Å². The molecule has 5 rings (SSSR count). The van der Waals surface area contributed by atoms with Crippen molar-refractivity contribution >= 4 is 16.3 Å². The van der Waals surface area contributed by atoms with Gasteiger partial charge < -0.3 is 0 Å². The molecule has 0 saturated heterocycles. The van der Waals surface area contributed by atoms with Crippen LogP contribution in [0.5, 0.6) is 0 Å². The fourth-order valence-electron chi connectivity index (χ4n) is 3.18. The van der Waals surface area contributed by atoms with E-state index in [4.69, 9.17) is 0 Å². The van der Waals surface area contributed by atoms with E-state index in [1.807, 2.05) is 49.4 Å². The smallest absolute Gasteiger partial charge is 0.235 e. The van der Waals surface area contributed by atoms with E-state index in [2.05, 4.69) is 25.3 Å². The molecule has 2 aromatic carbocycles. The molecule has 0 bridgehead atoms. The quantitative estimate of drug-likeness (QED) is 0.439. The largest absolute Gasteiger partial charge is 0.261 e. The van der Waals surface area contributed by atoms with Crippen molar-refractivity contribution in [2.45, 2.75) is 12.8 Å². The first-order valence-electron chi connectivity index (χ1n) is 9.04. The van der Waals surface area contributed by atoms with E-state index in [1.165, 1.54) is 11.3 Å². The van der Waals surface area contributed by atoms with E-state index in [9.17, 15) is 4.39 Å². The number of hydrogen-bond acceptors (Lipinski definition) is 6. The SMILES string of the molecule is CC(c1ccc(-c2ccccc2)c(F)c1)c1nn2c(-c3cnccn3)nnc2s1. The molecule has 3 heterocycles. The highest BCUT2D eigenvalue weighted by atomic mass is 32.1. The molecule has 1 unspecified atom stereocenters. The van der Waals surface area contributed by atoms with Gasteiger partial charge in [-0.1, -0.05) is 60.7 Å². The van der Waals surface area contributed by atoms with Crippen molar-refractivity contribution in [2.24, 2.45) is 0 Å². The molecule has 0 radical (unpaired) electrons. The van der Waals surface area contributed by atoms with Crippen LogP contribution in [0.25, 0.3) is 27.6 Å². The summed E-state index contributed by atoms with van der Waals surface area (Å²) in [6.07, 6.45) is 4.82. The van der Waals surface area contributed by atoms with Crippen LogP contribution in [0.2, 0.25) is 0 Å². The van der Waals surface area contributed by atoms with Crippen molar-refractivity contribution in [1.29, 1.82) is 0 Å². The number of rotatable bonds is 4. The molecule has 142 valence electrons. The van der Waals surface area contributed by atoms with Crippen LogP contribution in [0.4, 0.5) is 4.39 Å². The molecular formula is C21H15FN6S. The Morgan fingerprint density at radius 2 is 1.90 bits per heavy atom. The van der Waals surface area contributed by atoms with Crippen LogP contribution >= 0.6 is 11.3 Å². The third-order valence-electron chi connectivity index (χ3n) is 4.75. The maximum atomic E-state index is 14.8. The van der Waals surface area contributed by atoms with Crippen LogP contribution in [0.3, 0.4) is 0 Å². The number of nitrogens with zero attached hydrogens (tertiary/aromatic N) is 6. The summed E-state index contributed by atoms with van der Waals surface area (Å²) in [7, 11) is 0. The molecule has 0 N–H and O–H groups in total. The molecule has 0 fully saturated rings. The molecular weight excluding hydrogens is 387 g/mol. The van der Waals surface area contributed by atoms with Gasteiger partial charge in [0.15, 0.2) is 0 Å². The highest BCUT2D eigenvalue weighted by Crippen LogP contribution is 2.32. The summed E-state index contributed by atoms with van der Waals surface area (Å²) in [6, 6.07) is 14.9. The second-order valence-corrected chi connectivity index (χ2v) is 7.56. The van der Waals surface area contributed by atoms with Gasteiger partial charge >= 0.3 is 0 Å². The Kier molecular flexibility index (Phi) is 4.33. The van der Waals surface area contributed by atoms with Crippen LogP contribution in [0.15, 0.2) is 67.1 Å². The van der Waals surface area contributed by atoms with Crippen LogP contribution in [-0.2, 0) is 0 Å². The molecule has 3 aromatic heterocycles. The Balaban J connectivity index is 1.49. The Morgan fingerprint density at radius 1 is 1.03 bits per heavy atom. The van der Waals surface area contributed by atoms with Crippen LogP contribution < -0.4 is 0 Å². The summed E-state index contributed by atoms with van der Waals surface area (Å²) in [6.45, 7) is 2.00. The predicted octanol–water partition coefficient (Wildman–Crippen LogP) is 4.60. The zero-order valence-electron chi connectivity index (χ0n) is 15.4. The van der Waals surface area contributed by atoms with Gasteiger partial charge in [0.1, 0.15) is 16.5 Å². The van der Waals surface area contributed by atoms with Crippen molar-refractivity contribution < 1.29 is 4.39 Å². The molecule has 0 spiro atoms. The van der Waals surface area contributed by atoms with Gasteiger partial charge in [0.25, 0.3) is 0 Å². The summed E-state index contributed by atoms with van der Waals surface area (Å²) in [4.78, 5) is 8.99. The van der Waals surface area contributed by atoms with Gasteiger partial charge in [-0.05, 0) is 17.2 Å². The van der Waals surface area contributed by atoms with Crippen molar-refractivity contribution in [3.05, 3.63) is 83.5 Å². The highest BCUT2D eigenvalue weighted by molar-refractivity contribution is 7.16. The van der Waals surface area contributed by atoms with Gasteiger partial charge in [0.2, 0.25) is 10.8 Å². The lowest BCUT2D eigenvalue weighted by Gasteiger charge is -2.11. The summed E-state index contributed by atoms with van der Waals surface area (Å²) < 4.78 is 16.4. The second-order valence-electron chi connectivity index (χ2n) is 6.58. The Bertz CT molecular complexity index is 1280. The van der Waals surface area contributed by atoms with Crippen LogP contribution in [0.1, 0.15) is 23.4 Å². The van der Waals surface area contributed by atoms with Gasteiger partial charge in [-0.25, -0.2) is 9.37 Å². The first-order valence-corrected chi connectivity index (χ1v) is 9.86. The highest BCUT2D eigenvalue weighted by Gasteiger charge is 2.20. The lowest BCUT2D eigenvalue weighted by molar-refractivity contribution is 0.627. The third-order valence-corrected chi connectivity index (χ3v) is 5.83. The van der Waals surface area contributed by atoms with Crippen molar-refractivity contribution in [3.8, 4) is 22.6 Å². The Labute approximate surface area is 169 Å². The lowest BCUT2D eigenvalue weighted by atomic mass is 9.97. The van der Waals surface area contributed by atoms with Gasteiger partial charge in [-0.3, -0.25) is 4.98 Å². The first-order chi connectivity index (χ1) is 14.2. The molecule has 29 heavy (non-hydrogen) atoms. The Hall–Kier alpha value is -3.52. The number of hydrogen-bond donors (Lipinski definition) is 0. The molecule has 0 saturated carbocycles. The summed E-state index contributed by atoms with van der Waals surface area (Å²) in [5.41, 5.74) is 2.90. The summed E-state index contributed by atoms with van der Waals surface area (Å²) in [5, 5.41) is 13.8. The molecule has 1 atom stereocenters. The zero-order valence-corrected chi connectivity index (χ0v) is 16.2. The number of halogens is 1. The minimum atomic E-state index is -0.246. The third kappa shape index (κ3) is 3.17. The standard InChI is InChI=1S/C21H15FN6S/c1-13(15-7-8-16(17(22)11-15)14-5-3-2-4-6-14)20-27-28-19(25-26-21(28)29-20)18-12-23-9-10-24-18/h2-13H,1H3. The number of fused-ring (bicyclic) bond motifs is 1. The molecule has 0 amide bonds. The predicted molar refractivity (Wildman–Crippen MR) is 109 cm³/mol. The fourth-order valence-corrected chi connectivity index (χ4v) is 4.09. The van der Waals surface area contributed by atoms with E-state index in [-0.39, 0.29) is 11.7 Å². The average molecular weight is 402 g/mol. The molecule has 0 aliphatic heterocycles. The van der Waals surface area contributed by atoms with E-state index in [0.29, 0.717) is 22.0 Å². The molecule has 0 aliphatic rings. The van der Waals surface area contributed by atoms with Crippen LogP contribution in [-0.4, -0.2) is 29.8 Å². The van der Waals surface area contributed by atoms with E-state index >= 15 is 0 Å². The second kappa shape index (κ2) is 7.14.